The molecule has 25 heavy (non-hydrogen) atoms. The molecule has 1 aliphatic rings. The summed E-state index contributed by atoms with van der Waals surface area (Å²) in [6, 6.07) is 3.41. The lowest BCUT2D eigenvalue weighted by Gasteiger charge is -2.23. The van der Waals surface area contributed by atoms with Gasteiger partial charge in [0.1, 0.15) is 5.60 Å². The third-order valence-electron chi connectivity index (χ3n) is 3.91. The fraction of sp³-hybridized carbons (Fsp3) is 0.556. The summed E-state index contributed by atoms with van der Waals surface area (Å²) in [5, 5.41) is 2.88. The van der Waals surface area contributed by atoms with Gasteiger partial charge < -0.3 is 24.4 Å². The van der Waals surface area contributed by atoms with Crippen LogP contribution in [0.15, 0.2) is 12.1 Å². The molecule has 0 aromatic heterocycles. The van der Waals surface area contributed by atoms with Crippen molar-refractivity contribution in [1.29, 1.82) is 0 Å². The Morgan fingerprint density at radius 3 is 2.44 bits per heavy atom. The predicted molar refractivity (Wildman–Crippen MR) is 94.9 cm³/mol. The summed E-state index contributed by atoms with van der Waals surface area (Å²) in [6.45, 7) is 6.79. The SMILES string of the molecule is COc1cc(C=O)c(N2CC[C@H](NC(=O)OC(C)(C)C)C2)cc1OC. The molecule has 2 rings (SSSR count). The van der Waals surface area contributed by atoms with Gasteiger partial charge in [-0.15, -0.1) is 0 Å². The molecule has 1 saturated heterocycles. The quantitative estimate of drug-likeness (QED) is 0.823. The van der Waals surface area contributed by atoms with E-state index in [1.165, 1.54) is 7.11 Å². The zero-order valence-corrected chi connectivity index (χ0v) is 15.4. The first kappa shape index (κ1) is 18.9. The lowest BCUT2D eigenvalue weighted by molar-refractivity contribution is 0.0509. The number of carbonyl (C=O) groups excluding carboxylic acids is 2. The molecule has 1 aromatic carbocycles. The standard InChI is InChI=1S/C18H26N2O5/c1-18(2,3)25-17(22)19-13-6-7-20(10-13)14-9-16(24-5)15(23-4)8-12(14)11-21/h8-9,11,13H,6-7,10H2,1-5H3,(H,19,22)/t13-/m0/s1. The van der Waals surface area contributed by atoms with Crippen LogP contribution in [0.2, 0.25) is 0 Å². The van der Waals surface area contributed by atoms with Gasteiger partial charge in [0.05, 0.1) is 25.9 Å². The molecular weight excluding hydrogens is 324 g/mol. The minimum atomic E-state index is -0.531. The summed E-state index contributed by atoms with van der Waals surface area (Å²) in [4.78, 5) is 25.4. The Hall–Kier alpha value is -2.44. The van der Waals surface area contributed by atoms with Crippen molar-refractivity contribution in [2.75, 3.05) is 32.2 Å². The molecule has 1 amide bonds. The fourth-order valence-corrected chi connectivity index (χ4v) is 2.82. The highest BCUT2D eigenvalue weighted by Crippen LogP contribution is 2.35. The Morgan fingerprint density at radius 1 is 1.24 bits per heavy atom. The minimum absolute atomic E-state index is 0.0394. The van der Waals surface area contributed by atoms with E-state index < -0.39 is 11.7 Å². The average molecular weight is 350 g/mol. The van der Waals surface area contributed by atoms with E-state index in [-0.39, 0.29) is 6.04 Å². The average Bonchev–Trinajstić information content (AvgIpc) is 2.99. The van der Waals surface area contributed by atoms with Gasteiger partial charge in [-0.25, -0.2) is 4.79 Å². The van der Waals surface area contributed by atoms with Crippen LogP contribution in [0.1, 0.15) is 37.6 Å². The molecule has 1 aliphatic heterocycles. The van der Waals surface area contributed by atoms with Gasteiger partial charge in [-0.3, -0.25) is 4.79 Å². The number of nitrogens with one attached hydrogen (secondary N) is 1. The summed E-state index contributed by atoms with van der Waals surface area (Å²) in [7, 11) is 3.09. The number of hydrogen-bond acceptors (Lipinski definition) is 6. The van der Waals surface area contributed by atoms with Crippen molar-refractivity contribution >= 4 is 18.1 Å². The monoisotopic (exact) mass is 350 g/mol. The number of alkyl carbamates (subject to hydrolysis) is 1. The summed E-state index contributed by atoms with van der Waals surface area (Å²) in [5.41, 5.74) is 0.757. The van der Waals surface area contributed by atoms with E-state index in [0.717, 1.165) is 24.9 Å². The van der Waals surface area contributed by atoms with Gasteiger partial charge in [0.15, 0.2) is 17.8 Å². The predicted octanol–water partition coefficient (Wildman–Crippen LogP) is 2.62. The highest BCUT2D eigenvalue weighted by molar-refractivity contribution is 5.87. The van der Waals surface area contributed by atoms with Gasteiger partial charge in [0.25, 0.3) is 0 Å². The molecule has 1 heterocycles. The van der Waals surface area contributed by atoms with E-state index in [0.29, 0.717) is 23.6 Å². The Bertz CT molecular complexity index is 639. The van der Waals surface area contributed by atoms with E-state index in [1.807, 2.05) is 25.7 Å². The summed E-state index contributed by atoms with van der Waals surface area (Å²) >= 11 is 0. The highest BCUT2D eigenvalue weighted by Gasteiger charge is 2.28. The molecule has 1 atom stereocenters. The van der Waals surface area contributed by atoms with Gasteiger partial charge >= 0.3 is 6.09 Å². The number of hydrogen-bond donors (Lipinski definition) is 1. The molecule has 7 nitrogen and oxygen atoms in total. The zero-order chi connectivity index (χ0) is 18.6. The number of amides is 1. The van der Waals surface area contributed by atoms with Crippen LogP contribution in [0.4, 0.5) is 10.5 Å². The van der Waals surface area contributed by atoms with Crippen molar-refractivity contribution in [3.05, 3.63) is 17.7 Å². The van der Waals surface area contributed by atoms with Gasteiger partial charge in [-0.05, 0) is 33.3 Å². The molecule has 0 aliphatic carbocycles. The first-order chi connectivity index (χ1) is 11.8. The molecule has 138 valence electrons. The van der Waals surface area contributed by atoms with Crippen molar-refractivity contribution < 1.29 is 23.8 Å². The van der Waals surface area contributed by atoms with Crippen LogP contribution >= 0.6 is 0 Å². The maximum Gasteiger partial charge on any atom is 0.407 e. The number of anilines is 1. The molecule has 0 spiro atoms. The maximum atomic E-state index is 11.9. The first-order valence-corrected chi connectivity index (χ1v) is 8.23. The Labute approximate surface area is 148 Å². The molecule has 1 fully saturated rings. The molecule has 0 saturated carbocycles. The van der Waals surface area contributed by atoms with Gasteiger partial charge in [0, 0.05) is 24.7 Å². The zero-order valence-electron chi connectivity index (χ0n) is 15.4. The van der Waals surface area contributed by atoms with Crippen molar-refractivity contribution in [3.8, 4) is 11.5 Å². The lowest BCUT2D eigenvalue weighted by atomic mass is 10.1. The molecule has 0 radical (unpaired) electrons. The van der Waals surface area contributed by atoms with E-state index in [1.54, 1.807) is 19.2 Å². The first-order valence-electron chi connectivity index (χ1n) is 8.23. The van der Waals surface area contributed by atoms with Crippen molar-refractivity contribution in [1.82, 2.24) is 5.32 Å². The van der Waals surface area contributed by atoms with Crippen molar-refractivity contribution in [2.45, 2.75) is 38.8 Å². The van der Waals surface area contributed by atoms with Crippen LogP contribution < -0.4 is 19.7 Å². The van der Waals surface area contributed by atoms with Gasteiger partial charge in [-0.2, -0.15) is 0 Å². The molecule has 7 heteroatoms. The van der Waals surface area contributed by atoms with Crippen molar-refractivity contribution in [3.63, 3.8) is 0 Å². The molecule has 0 unspecified atom stereocenters. The number of methoxy groups -OCH3 is 2. The number of benzene rings is 1. The third-order valence-corrected chi connectivity index (χ3v) is 3.91. The van der Waals surface area contributed by atoms with Crippen molar-refractivity contribution in [2.24, 2.45) is 0 Å². The largest absolute Gasteiger partial charge is 0.493 e. The van der Waals surface area contributed by atoms with Gasteiger partial charge in [-0.1, -0.05) is 0 Å². The van der Waals surface area contributed by atoms with Crippen LogP contribution in [0.25, 0.3) is 0 Å². The Balaban J connectivity index is 2.11. The summed E-state index contributed by atoms with van der Waals surface area (Å²) < 4.78 is 15.9. The van der Waals surface area contributed by atoms with Crippen LogP contribution in [-0.2, 0) is 4.74 Å². The number of carbonyl (C=O) groups is 2. The van der Waals surface area contributed by atoms with Gasteiger partial charge in [0.2, 0.25) is 0 Å². The van der Waals surface area contributed by atoms with E-state index in [2.05, 4.69) is 5.32 Å². The number of aldehydes is 1. The number of rotatable bonds is 5. The van der Waals surface area contributed by atoms with Crippen LogP contribution in [0.3, 0.4) is 0 Å². The fourth-order valence-electron chi connectivity index (χ4n) is 2.82. The third kappa shape index (κ3) is 4.78. The second-order valence-corrected chi connectivity index (χ2v) is 6.96. The summed E-state index contributed by atoms with van der Waals surface area (Å²) in [6.07, 6.45) is 1.14. The summed E-state index contributed by atoms with van der Waals surface area (Å²) in [5.74, 6) is 1.07. The maximum absolute atomic E-state index is 11.9. The second kappa shape index (κ2) is 7.63. The second-order valence-electron chi connectivity index (χ2n) is 6.96. The molecular formula is C18H26N2O5. The minimum Gasteiger partial charge on any atom is -0.493 e. The molecule has 0 bridgehead atoms. The van der Waals surface area contributed by atoms with Crippen LogP contribution in [0.5, 0.6) is 11.5 Å². The van der Waals surface area contributed by atoms with E-state index >= 15 is 0 Å². The molecule has 1 N–H and O–H groups in total. The van der Waals surface area contributed by atoms with E-state index in [9.17, 15) is 9.59 Å². The lowest BCUT2D eigenvalue weighted by Crippen LogP contribution is -2.40. The molecule has 1 aromatic rings. The number of nitrogens with zero attached hydrogens (tertiary/aromatic N) is 1. The smallest absolute Gasteiger partial charge is 0.407 e. The normalized spacial score (nSPS) is 17.2. The topological polar surface area (TPSA) is 77.1 Å². The van der Waals surface area contributed by atoms with Crippen LogP contribution in [-0.4, -0.2) is 51.3 Å². The van der Waals surface area contributed by atoms with Crippen LogP contribution in [0, 0.1) is 0 Å². The Kier molecular flexibility index (Phi) is 5.77. The van der Waals surface area contributed by atoms with E-state index in [4.69, 9.17) is 14.2 Å². The number of ether oxygens (including phenoxy) is 3. The Morgan fingerprint density at radius 2 is 1.88 bits per heavy atom. The highest BCUT2D eigenvalue weighted by atomic mass is 16.6.